The molecule has 0 unspecified atom stereocenters. The molecule has 0 bridgehead atoms. The van der Waals surface area contributed by atoms with E-state index < -0.39 is 0 Å². The smallest absolute Gasteiger partial charge is 0.116 e. The van der Waals surface area contributed by atoms with E-state index in [1.165, 1.54) is 0 Å². The first-order valence-electron chi connectivity index (χ1n) is 4.91. The maximum Gasteiger partial charge on any atom is 0.116 e. The molecule has 0 heterocycles. The van der Waals surface area contributed by atoms with Crippen LogP contribution in [0.1, 0.15) is 11.1 Å². The van der Waals surface area contributed by atoms with Gasteiger partial charge in [-0.15, -0.1) is 0 Å². The minimum atomic E-state index is 0.243. The van der Waals surface area contributed by atoms with Gasteiger partial charge >= 0.3 is 0 Å². The van der Waals surface area contributed by atoms with E-state index in [4.69, 9.17) is 11.6 Å². The van der Waals surface area contributed by atoms with Gasteiger partial charge in [-0.1, -0.05) is 42.4 Å². The number of halogens is 1. The van der Waals surface area contributed by atoms with Crippen LogP contribution in [0.4, 0.5) is 0 Å². The van der Waals surface area contributed by atoms with Gasteiger partial charge in [0.2, 0.25) is 0 Å². The van der Waals surface area contributed by atoms with E-state index in [0.29, 0.717) is 5.02 Å². The maximum absolute atomic E-state index is 9.39. The van der Waals surface area contributed by atoms with Crippen LogP contribution in [-0.4, -0.2) is 5.11 Å². The van der Waals surface area contributed by atoms with Crippen LogP contribution in [0.25, 0.3) is 5.57 Å². The van der Waals surface area contributed by atoms with E-state index in [1.54, 1.807) is 18.2 Å². The molecule has 0 fully saturated rings. The molecule has 2 aromatic carbocycles. The van der Waals surface area contributed by atoms with Crippen molar-refractivity contribution in [2.45, 2.75) is 0 Å². The monoisotopic (exact) mass is 230 g/mol. The van der Waals surface area contributed by atoms with E-state index >= 15 is 0 Å². The fourth-order valence-electron chi connectivity index (χ4n) is 1.51. The van der Waals surface area contributed by atoms with Crippen molar-refractivity contribution in [3.05, 3.63) is 71.3 Å². The van der Waals surface area contributed by atoms with E-state index in [-0.39, 0.29) is 5.75 Å². The molecule has 1 N–H and O–H groups in total. The lowest BCUT2D eigenvalue weighted by Gasteiger charge is -2.06. The largest absolute Gasteiger partial charge is 0.508 e. The van der Waals surface area contributed by atoms with Gasteiger partial charge in [0.05, 0.1) is 0 Å². The Labute approximate surface area is 99.6 Å². The predicted molar refractivity (Wildman–Crippen MR) is 67.7 cm³/mol. The van der Waals surface area contributed by atoms with Gasteiger partial charge in [-0.2, -0.15) is 0 Å². The highest BCUT2D eigenvalue weighted by molar-refractivity contribution is 6.30. The molecule has 0 aliphatic carbocycles. The molecule has 0 aliphatic rings. The minimum Gasteiger partial charge on any atom is -0.508 e. The predicted octanol–water partition coefficient (Wildman–Crippen LogP) is 4.11. The average Bonchev–Trinajstić information content (AvgIpc) is 2.29. The van der Waals surface area contributed by atoms with Gasteiger partial charge in [-0.05, 0) is 41.0 Å². The zero-order valence-electron chi connectivity index (χ0n) is 8.65. The number of benzene rings is 2. The van der Waals surface area contributed by atoms with Crippen molar-refractivity contribution < 1.29 is 5.11 Å². The number of phenolic OH excluding ortho intramolecular Hbond substituents is 1. The van der Waals surface area contributed by atoms with Crippen LogP contribution in [-0.2, 0) is 0 Å². The molecular weight excluding hydrogens is 220 g/mol. The Kier molecular flexibility index (Phi) is 2.97. The normalized spacial score (nSPS) is 10.1. The molecule has 1 nitrogen and oxygen atoms in total. The Balaban J connectivity index is 2.35. The number of rotatable bonds is 2. The molecule has 2 aromatic rings. The molecule has 0 spiro atoms. The Morgan fingerprint density at radius 1 is 1.00 bits per heavy atom. The van der Waals surface area contributed by atoms with Crippen molar-refractivity contribution in [2.24, 2.45) is 0 Å². The van der Waals surface area contributed by atoms with Crippen molar-refractivity contribution in [3.63, 3.8) is 0 Å². The highest BCUT2D eigenvalue weighted by Gasteiger charge is 2.02. The van der Waals surface area contributed by atoms with Crippen molar-refractivity contribution in [3.8, 4) is 5.75 Å². The zero-order chi connectivity index (χ0) is 11.5. The summed E-state index contributed by atoms with van der Waals surface area (Å²) in [7, 11) is 0. The number of aromatic hydroxyl groups is 1. The first-order chi connectivity index (χ1) is 7.66. The van der Waals surface area contributed by atoms with E-state index in [9.17, 15) is 5.11 Å². The van der Waals surface area contributed by atoms with Gasteiger partial charge in [0.15, 0.2) is 0 Å². The van der Waals surface area contributed by atoms with Gasteiger partial charge in [-0.3, -0.25) is 0 Å². The lowest BCUT2D eigenvalue weighted by molar-refractivity contribution is 0.475. The molecular formula is C14H11ClO. The summed E-state index contributed by atoms with van der Waals surface area (Å²) in [6, 6.07) is 14.5. The third-order valence-electron chi connectivity index (χ3n) is 2.39. The number of hydrogen-bond donors (Lipinski definition) is 1. The summed E-state index contributed by atoms with van der Waals surface area (Å²) in [6.07, 6.45) is 0. The van der Waals surface area contributed by atoms with Crippen LogP contribution in [0.15, 0.2) is 55.1 Å². The van der Waals surface area contributed by atoms with Crippen LogP contribution < -0.4 is 0 Å². The molecule has 80 valence electrons. The second-order valence-corrected chi connectivity index (χ2v) is 3.97. The molecule has 0 radical (unpaired) electrons. The number of hydrogen-bond acceptors (Lipinski definition) is 1. The van der Waals surface area contributed by atoms with Crippen molar-refractivity contribution in [2.75, 3.05) is 0 Å². The van der Waals surface area contributed by atoms with Crippen LogP contribution in [0.2, 0.25) is 5.02 Å². The highest BCUT2D eigenvalue weighted by Crippen LogP contribution is 2.25. The minimum absolute atomic E-state index is 0.243. The van der Waals surface area contributed by atoms with Crippen LogP contribution in [0, 0.1) is 0 Å². The fraction of sp³-hybridized carbons (Fsp3) is 0. The van der Waals surface area contributed by atoms with E-state index in [1.807, 2.05) is 30.3 Å². The zero-order valence-corrected chi connectivity index (χ0v) is 9.41. The third kappa shape index (κ3) is 2.26. The number of phenols is 1. The second kappa shape index (κ2) is 4.42. The van der Waals surface area contributed by atoms with Gasteiger partial charge in [0, 0.05) is 5.02 Å². The first-order valence-corrected chi connectivity index (χ1v) is 5.29. The Morgan fingerprint density at radius 3 is 2.31 bits per heavy atom. The van der Waals surface area contributed by atoms with Crippen molar-refractivity contribution in [1.29, 1.82) is 0 Å². The Morgan fingerprint density at radius 2 is 1.69 bits per heavy atom. The van der Waals surface area contributed by atoms with Gasteiger partial charge in [0.1, 0.15) is 5.75 Å². The summed E-state index contributed by atoms with van der Waals surface area (Å²) >= 11 is 5.82. The molecule has 0 atom stereocenters. The quantitative estimate of drug-likeness (QED) is 0.823. The van der Waals surface area contributed by atoms with Crippen molar-refractivity contribution >= 4 is 17.2 Å². The SMILES string of the molecule is C=C(c1ccc(Cl)cc1)c1cccc(O)c1. The molecule has 0 amide bonds. The molecule has 2 rings (SSSR count). The summed E-state index contributed by atoms with van der Waals surface area (Å²) in [6.45, 7) is 4.01. The molecule has 2 heteroatoms. The van der Waals surface area contributed by atoms with Crippen LogP contribution >= 0.6 is 11.6 Å². The molecule has 0 saturated carbocycles. The van der Waals surface area contributed by atoms with Crippen LogP contribution in [0.5, 0.6) is 5.75 Å². The third-order valence-corrected chi connectivity index (χ3v) is 2.64. The highest BCUT2D eigenvalue weighted by atomic mass is 35.5. The molecule has 0 saturated heterocycles. The molecule has 16 heavy (non-hydrogen) atoms. The average molecular weight is 231 g/mol. The fourth-order valence-corrected chi connectivity index (χ4v) is 1.64. The summed E-state index contributed by atoms with van der Waals surface area (Å²) in [4.78, 5) is 0. The lowest BCUT2D eigenvalue weighted by atomic mass is 10.00. The topological polar surface area (TPSA) is 20.2 Å². The summed E-state index contributed by atoms with van der Waals surface area (Å²) < 4.78 is 0. The van der Waals surface area contributed by atoms with Gasteiger partial charge < -0.3 is 5.11 Å². The van der Waals surface area contributed by atoms with Crippen LogP contribution in [0.3, 0.4) is 0 Å². The Hall–Kier alpha value is -1.73. The van der Waals surface area contributed by atoms with Gasteiger partial charge in [-0.25, -0.2) is 0 Å². The van der Waals surface area contributed by atoms with Crippen molar-refractivity contribution in [1.82, 2.24) is 0 Å². The van der Waals surface area contributed by atoms with Gasteiger partial charge in [0.25, 0.3) is 0 Å². The summed E-state index contributed by atoms with van der Waals surface area (Å²) in [5, 5.41) is 10.1. The van der Waals surface area contributed by atoms with E-state index in [0.717, 1.165) is 16.7 Å². The van der Waals surface area contributed by atoms with E-state index in [2.05, 4.69) is 6.58 Å². The lowest BCUT2D eigenvalue weighted by Crippen LogP contribution is -1.85. The molecule has 0 aromatic heterocycles. The second-order valence-electron chi connectivity index (χ2n) is 3.54. The Bertz CT molecular complexity index is 515. The standard InChI is InChI=1S/C14H11ClO/c1-10(11-5-7-13(15)8-6-11)12-3-2-4-14(16)9-12/h2-9,16H,1H2. The summed E-state index contributed by atoms with van der Waals surface area (Å²) in [5.74, 6) is 0.243. The maximum atomic E-state index is 9.39. The molecule has 0 aliphatic heterocycles. The summed E-state index contributed by atoms with van der Waals surface area (Å²) in [5.41, 5.74) is 2.77. The first kappa shape index (κ1) is 10.8.